The molecule has 0 aromatic heterocycles. The van der Waals surface area contributed by atoms with Crippen molar-refractivity contribution >= 4 is 17.6 Å². The van der Waals surface area contributed by atoms with Crippen LogP contribution in [0.5, 0.6) is 0 Å². The van der Waals surface area contributed by atoms with Gasteiger partial charge < -0.3 is 15.1 Å². The van der Waals surface area contributed by atoms with E-state index in [1.54, 1.807) is 12.1 Å². The molecule has 0 unspecified atom stereocenters. The van der Waals surface area contributed by atoms with Crippen LogP contribution < -0.4 is 15.1 Å². The molecular weight excluding hydrogens is 383 g/mol. The van der Waals surface area contributed by atoms with E-state index in [0.717, 1.165) is 30.0 Å². The normalized spacial score (nSPS) is 22.5. The van der Waals surface area contributed by atoms with E-state index >= 15 is 0 Å². The molecule has 1 atom stereocenters. The number of urea groups is 1. The first-order chi connectivity index (χ1) is 14.5. The molecule has 30 heavy (non-hydrogen) atoms. The molecule has 0 bridgehead atoms. The largest absolute Gasteiger partial charge is 0.358 e. The van der Waals surface area contributed by atoms with Crippen molar-refractivity contribution < 1.29 is 18.9 Å². The molecule has 6 nitrogen and oxygen atoms in total. The summed E-state index contributed by atoms with van der Waals surface area (Å²) in [5, 5.41) is 2.90. The highest BCUT2D eigenvalue weighted by Gasteiger charge is 2.48. The van der Waals surface area contributed by atoms with E-state index in [-0.39, 0.29) is 17.8 Å². The lowest BCUT2D eigenvalue weighted by Crippen LogP contribution is -3.16. The van der Waals surface area contributed by atoms with Crippen molar-refractivity contribution in [2.24, 2.45) is 0 Å². The average molecular weight is 412 g/mol. The minimum Gasteiger partial charge on any atom is -0.358 e. The molecule has 0 spiro atoms. The third-order valence-electron chi connectivity index (χ3n) is 6.15. The van der Waals surface area contributed by atoms with Gasteiger partial charge in [-0.2, -0.15) is 0 Å². The van der Waals surface area contributed by atoms with E-state index in [1.165, 1.54) is 11.0 Å². The summed E-state index contributed by atoms with van der Waals surface area (Å²) in [6, 6.07) is 16.4. The molecule has 3 amide bonds. The van der Waals surface area contributed by atoms with Crippen LogP contribution in [0.1, 0.15) is 18.9 Å². The second kappa shape index (κ2) is 8.44. The number of rotatable bonds is 6. The minimum absolute atomic E-state index is 0.160. The van der Waals surface area contributed by atoms with E-state index in [0.29, 0.717) is 31.9 Å². The number of carbonyl (C=O) groups excluding carboxylic acids is 2. The van der Waals surface area contributed by atoms with Crippen molar-refractivity contribution in [2.75, 3.05) is 37.7 Å². The van der Waals surface area contributed by atoms with Crippen LogP contribution >= 0.6 is 0 Å². The number of hydrogen-bond donors (Lipinski definition) is 2. The number of carbonyl (C=O) groups is 2. The fourth-order valence-corrected chi connectivity index (χ4v) is 4.25. The van der Waals surface area contributed by atoms with Crippen LogP contribution in [0, 0.1) is 5.82 Å². The number of imide groups is 1. The van der Waals surface area contributed by atoms with E-state index in [9.17, 15) is 14.0 Å². The molecular formula is C23H28FN4O2+. The quantitative estimate of drug-likeness (QED) is 0.708. The van der Waals surface area contributed by atoms with Gasteiger partial charge in [0, 0.05) is 0 Å². The second-order valence-corrected chi connectivity index (χ2v) is 8.33. The lowest BCUT2D eigenvalue weighted by molar-refractivity contribution is -0.907. The summed E-state index contributed by atoms with van der Waals surface area (Å²) < 4.78 is 14.0. The van der Waals surface area contributed by atoms with Crippen LogP contribution in [-0.4, -0.2) is 55.2 Å². The highest BCUT2D eigenvalue weighted by Crippen LogP contribution is 2.23. The molecule has 2 aliphatic heterocycles. The number of anilines is 1. The smallest absolute Gasteiger partial charge is 0.329 e. The predicted molar refractivity (Wildman–Crippen MR) is 113 cm³/mol. The Hall–Kier alpha value is -2.93. The van der Waals surface area contributed by atoms with E-state index in [2.05, 4.69) is 5.32 Å². The summed E-state index contributed by atoms with van der Waals surface area (Å²) in [5.74, 6) is -0.378. The van der Waals surface area contributed by atoms with Gasteiger partial charge in [-0.15, -0.1) is 0 Å². The topological polar surface area (TPSA) is 57.1 Å². The Morgan fingerprint density at radius 1 is 1.03 bits per heavy atom. The number of quaternary nitrogens is 1. The molecule has 0 saturated carbocycles. The fraction of sp³-hybridized carbons (Fsp3) is 0.391. The molecule has 7 heteroatoms. The van der Waals surface area contributed by atoms with Crippen molar-refractivity contribution in [2.45, 2.75) is 25.3 Å². The Balaban J connectivity index is 1.33. The van der Waals surface area contributed by atoms with Gasteiger partial charge in [0.2, 0.25) is 0 Å². The maximum Gasteiger partial charge on any atom is 0.329 e. The van der Waals surface area contributed by atoms with Crippen molar-refractivity contribution in [3.8, 4) is 0 Å². The number of aryl methyl sites for hydroxylation is 1. The molecule has 0 aliphatic carbocycles. The van der Waals surface area contributed by atoms with Gasteiger partial charge in [-0.05, 0) is 37.5 Å². The van der Waals surface area contributed by atoms with Gasteiger partial charge in [0.05, 0.1) is 31.9 Å². The Bertz CT molecular complexity index is 914. The molecule has 2 fully saturated rings. The summed E-state index contributed by atoms with van der Waals surface area (Å²) in [6.07, 6.45) is 1.29. The van der Waals surface area contributed by atoms with Crippen molar-refractivity contribution in [3.63, 3.8) is 0 Å². The van der Waals surface area contributed by atoms with E-state index in [4.69, 9.17) is 0 Å². The third-order valence-corrected chi connectivity index (χ3v) is 6.15. The zero-order chi connectivity index (χ0) is 21.1. The number of para-hydroxylation sites is 1. The van der Waals surface area contributed by atoms with Crippen molar-refractivity contribution in [1.29, 1.82) is 0 Å². The third kappa shape index (κ3) is 4.16. The maximum atomic E-state index is 14.0. The second-order valence-electron chi connectivity index (χ2n) is 8.33. The first-order valence-electron chi connectivity index (χ1n) is 10.5. The van der Waals surface area contributed by atoms with Gasteiger partial charge in [0.25, 0.3) is 5.91 Å². The van der Waals surface area contributed by atoms with Gasteiger partial charge in [-0.1, -0.05) is 42.5 Å². The zero-order valence-corrected chi connectivity index (χ0v) is 17.2. The standard InChI is InChI=1S/C23H27FN4O2/c1-23(12-11-18-7-3-2-4-8-18)21(29)28(22(30)25-23)17-26-13-15-27(16-14-26)20-10-6-5-9-19(20)24/h2-10H,11-17H2,1H3,(H,25,30)/p+1/t23-/m1/s1. The van der Waals surface area contributed by atoms with Gasteiger partial charge in [-0.3, -0.25) is 4.79 Å². The molecule has 4 rings (SSSR count). The fourth-order valence-electron chi connectivity index (χ4n) is 4.25. The van der Waals surface area contributed by atoms with Crippen LogP contribution in [0.4, 0.5) is 14.9 Å². The van der Waals surface area contributed by atoms with Gasteiger partial charge in [-0.25, -0.2) is 14.1 Å². The first kappa shape index (κ1) is 20.3. The van der Waals surface area contributed by atoms with Crippen LogP contribution in [-0.2, 0) is 11.2 Å². The van der Waals surface area contributed by atoms with Gasteiger partial charge >= 0.3 is 6.03 Å². The highest BCUT2D eigenvalue weighted by molar-refractivity contribution is 6.06. The molecule has 2 heterocycles. The van der Waals surface area contributed by atoms with Crippen molar-refractivity contribution in [3.05, 3.63) is 66.0 Å². The molecule has 2 aliphatic rings. The predicted octanol–water partition coefficient (Wildman–Crippen LogP) is 1.43. The molecule has 2 aromatic rings. The maximum absolute atomic E-state index is 14.0. The summed E-state index contributed by atoms with van der Waals surface area (Å²) in [6.45, 7) is 5.01. The number of nitrogens with one attached hydrogen (secondary N) is 2. The molecule has 2 saturated heterocycles. The van der Waals surface area contributed by atoms with Crippen LogP contribution in [0.15, 0.2) is 54.6 Å². The summed E-state index contributed by atoms with van der Waals surface area (Å²) in [7, 11) is 0. The molecule has 0 radical (unpaired) electrons. The number of amides is 3. The SMILES string of the molecule is C[C@]1(CCc2ccccc2)NC(=O)N(C[NH+]2CCN(c3ccccc3F)CC2)C1=O. The van der Waals surface area contributed by atoms with Crippen molar-refractivity contribution in [1.82, 2.24) is 10.2 Å². The number of hydrogen-bond acceptors (Lipinski definition) is 3. The molecule has 158 valence electrons. The van der Waals surface area contributed by atoms with Crippen LogP contribution in [0.2, 0.25) is 0 Å². The summed E-state index contributed by atoms with van der Waals surface area (Å²) in [4.78, 5) is 30.1. The number of benzene rings is 2. The lowest BCUT2D eigenvalue weighted by Gasteiger charge is -2.34. The Morgan fingerprint density at radius 3 is 2.40 bits per heavy atom. The van der Waals surface area contributed by atoms with Gasteiger partial charge in [0.15, 0.2) is 6.67 Å². The van der Waals surface area contributed by atoms with Gasteiger partial charge in [0.1, 0.15) is 11.4 Å². The number of piperazine rings is 1. The van der Waals surface area contributed by atoms with Crippen LogP contribution in [0.3, 0.4) is 0 Å². The summed E-state index contributed by atoms with van der Waals surface area (Å²) >= 11 is 0. The Morgan fingerprint density at radius 2 is 1.70 bits per heavy atom. The average Bonchev–Trinajstić information content (AvgIpc) is 2.97. The summed E-state index contributed by atoms with van der Waals surface area (Å²) in [5.41, 5.74) is 0.885. The monoisotopic (exact) mass is 411 g/mol. The van der Waals surface area contributed by atoms with E-state index < -0.39 is 5.54 Å². The Labute approximate surface area is 176 Å². The molecule has 2 N–H and O–H groups in total. The number of nitrogens with zero attached hydrogens (tertiary/aromatic N) is 2. The first-order valence-corrected chi connectivity index (χ1v) is 10.5. The number of halogens is 1. The highest BCUT2D eigenvalue weighted by atomic mass is 19.1. The zero-order valence-electron chi connectivity index (χ0n) is 17.2. The minimum atomic E-state index is -0.874. The van der Waals surface area contributed by atoms with E-state index in [1.807, 2.05) is 48.2 Å². The molecule has 2 aromatic carbocycles. The Kier molecular flexibility index (Phi) is 5.72. The van der Waals surface area contributed by atoms with Crippen LogP contribution in [0.25, 0.3) is 0 Å². The lowest BCUT2D eigenvalue weighted by atomic mass is 9.93.